The Morgan fingerprint density at radius 1 is 1.00 bits per heavy atom. The van der Waals surface area contributed by atoms with Gasteiger partial charge in [0.1, 0.15) is 0 Å². The van der Waals surface area contributed by atoms with E-state index >= 15 is 0 Å². The molecule has 0 saturated carbocycles. The second-order valence-electron chi connectivity index (χ2n) is 7.65. The summed E-state index contributed by atoms with van der Waals surface area (Å²) in [4.78, 5) is 0. The molecule has 2 aliphatic rings. The van der Waals surface area contributed by atoms with Crippen molar-refractivity contribution < 1.29 is 9.31 Å². The molecule has 2 saturated heterocycles. The monoisotopic (exact) mass is 312 g/mol. The molecule has 0 bridgehead atoms. The van der Waals surface area contributed by atoms with Crippen LogP contribution in [0.5, 0.6) is 0 Å². The molecule has 23 heavy (non-hydrogen) atoms. The van der Waals surface area contributed by atoms with Crippen LogP contribution in [0.25, 0.3) is 0 Å². The standard InChI is InChI=1S/C18H25BN2O2/c1-16(2)17(3,4)23-19(22-16)15-7-5-14(6-8-15)18(13-20)9-11-21-12-10-18/h5-8,21H,9-12H2,1-4H3. The summed E-state index contributed by atoms with van der Waals surface area (Å²) in [6, 6.07) is 10.8. The van der Waals surface area contributed by atoms with Gasteiger partial charge in [-0.25, -0.2) is 0 Å². The maximum absolute atomic E-state index is 9.69. The van der Waals surface area contributed by atoms with Gasteiger partial charge in [0, 0.05) is 0 Å². The molecule has 1 aromatic rings. The zero-order valence-corrected chi connectivity index (χ0v) is 14.5. The fraction of sp³-hybridized carbons (Fsp3) is 0.611. The van der Waals surface area contributed by atoms with Crippen molar-refractivity contribution in [1.82, 2.24) is 5.32 Å². The Kier molecular flexibility index (Phi) is 4.04. The van der Waals surface area contributed by atoms with Gasteiger partial charge < -0.3 is 14.6 Å². The van der Waals surface area contributed by atoms with Gasteiger partial charge in [0.05, 0.1) is 22.7 Å². The van der Waals surface area contributed by atoms with Crippen molar-refractivity contribution in [3.8, 4) is 6.07 Å². The molecule has 3 rings (SSSR count). The van der Waals surface area contributed by atoms with Gasteiger partial charge in [-0.2, -0.15) is 5.26 Å². The molecule has 2 heterocycles. The van der Waals surface area contributed by atoms with Crippen molar-refractivity contribution in [3.63, 3.8) is 0 Å². The number of rotatable bonds is 2. The Bertz CT molecular complexity index is 597. The molecule has 1 aromatic carbocycles. The molecule has 0 radical (unpaired) electrons. The molecule has 0 atom stereocenters. The number of nitrogens with one attached hydrogen (secondary N) is 1. The van der Waals surface area contributed by atoms with E-state index in [0.29, 0.717) is 0 Å². The summed E-state index contributed by atoms with van der Waals surface area (Å²) in [6.07, 6.45) is 1.72. The number of nitrogens with zero attached hydrogens (tertiary/aromatic N) is 1. The van der Waals surface area contributed by atoms with Gasteiger partial charge >= 0.3 is 7.12 Å². The Morgan fingerprint density at radius 2 is 1.52 bits per heavy atom. The van der Waals surface area contributed by atoms with E-state index in [0.717, 1.165) is 37.0 Å². The van der Waals surface area contributed by atoms with Gasteiger partial charge in [-0.1, -0.05) is 24.3 Å². The lowest BCUT2D eigenvalue weighted by atomic mass is 9.72. The fourth-order valence-corrected chi connectivity index (χ4v) is 3.26. The van der Waals surface area contributed by atoms with Crippen LogP contribution in [0.2, 0.25) is 0 Å². The highest BCUT2D eigenvalue weighted by Crippen LogP contribution is 2.37. The first-order valence-electron chi connectivity index (χ1n) is 8.38. The Balaban J connectivity index is 1.82. The van der Waals surface area contributed by atoms with Crippen LogP contribution in [0.1, 0.15) is 46.1 Å². The lowest BCUT2D eigenvalue weighted by Crippen LogP contribution is -2.41. The molecule has 2 fully saturated rings. The van der Waals surface area contributed by atoms with Gasteiger partial charge in [0.25, 0.3) is 0 Å². The van der Waals surface area contributed by atoms with Gasteiger partial charge in [-0.05, 0) is 64.7 Å². The number of hydrogen-bond acceptors (Lipinski definition) is 4. The molecule has 1 N–H and O–H groups in total. The smallest absolute Gasteiger partial charge is 0.399 e. The predicted molar refractivity (Wildman–Crippen MR) is 91.6 cm³/mol. The zero-order valence-electron chi connectivity index (χ0n) is 14.5. The minimum absolute atomic E-state index is 0.334. The maximum Gasteiger partial charge on any atom is 0.494 e. The van der Waals surface area contributed by atoms with E-state index in [9.17, 15) is 5.26 Å². The van der Waals surface area contributed by atoms with Crippen molar-refractivity contribution >= 4 is 12.6 Å². The van der Waals surface area contributed by atoms with Crippen LogP contribution in [0.4, 0.5) is 0 Å². The number of nitriles is 1. The number of hydrogen-bond donors (Lipinski definition) is 1. The average molecular weight is 312 g/mol. The summed E-state index contributed by atoms with van der Waals surface area (Å²) >= 11 is 0. The van der Waals surface area contributed by atoms with E-state index in [2.05, 4.69) is 51.2 Å². The number of piperidine rings is 1. The predicted octanol–water partition coefficient (Wildman–Crippen LogP) is 2.13. The summed E-state index contributed by atoms with van der Waals surface area (Å²) in [7, 11) is -0.347. The second kappa shape index (κ2) is 5.63. The first kappa shape index (κ1) is 16.5. The van der Waals surface area contributed by atoms with Crippen molar-refractivity contribution in [3.05, 3.63) is 29.8 Å². The topological polar surface area (TPSA) is 54.3 Å². The maximum atomic E-state index is 9.69. The minimum Gasteiger partial charge on any atom is -0.399 e. The van der Waals surface area contributed by atoms with E-state index in [1.54, 1.807) is 0 Å². The SMILES string of the molecule is CC1(C)OB(c2ccc(C3(C#N)CCNCC3)cc2)OC1(C)C. The highest BCUT2D eigenvalue weighted by Gasteiger charge is 2.51. The van der Waals surface area contributed by atoms with Crippen molar-refractivity contribution in [2.45, 2.75) is 57.2 Å². The first-order valence-corrected chi connectivity index (χ1v) is 8.38. The average Bonchev–Trinajstić information content (AvgIpc) is 2.76. The van der Waals surface area contributed by atoms with Gasteiger partial charge in [-0.15, -0.1) is 0 Å². The molecule has 0 amide bonds. The highest BCUT2D eigenvalue weighted by atomic mass is 16.7. The lowest BCUT2D eigenvalue weighted by molar-refractivity contribution is 0.00578. The Morgan fingerprint density at radius 3 is 2.00 bits per heavy atom. The van der Waals surface area contributed by atoms with Crippen LogP contribution in [-0.4, -0.2) is 31.4 Å². The molecular formula is C18H25BN2O2. The molecule has 122 valence electrons. The lowest BCUT2D eigenvalue weighted by Gasteiger charge is -2.32. The van der Waals surface area contributed by atoms with E-state index in [1.165, 1.54) is 0 Å². The molecule has 0 spiro atoms. The summed E-state index contributed by atoms with van der Waals surface area (Å²) in [6.45, 7) is 10.0. The van der Waals surface area contributed by atoms with Crippen LogP contribution in [0.15, 0.2) is 24.3 Å². The molecule has 2 aliphatic heterocycles. The summed E-state index contributed by atoms with van der Waals surface area (Å²) in [5.41, 5.74) is 1.08. The van der Waals surface area contributed by atoms with Gasteiger partial charge in [0.15, 0.2) is 0 Å². The van der Waals surface area contributed by atoms with Crippen LogP contribution in [-0.2, 0) is 14.7 Å². The zero-order chi connectivity index (χ0) is 16.7. The molecule has 0 aromatic heterocycles. The van der Waals surface area contributed by atoms with E-state index in [1.807, 2.05) is 12.1 Å². The van der Waals surface area contributed by atoms with Crippen LogP contribution in [0, 0.1) is 11.3 Å². The molecule has 4 nitrogen and oxygen atoms in total. The van der Waals surface area contributed by atoms with Gasteiger partial charge in [0.2, 0.25) is 0 Å². The highest BCUT2D eigenvalue weighted by molar-refractivity contribution is 6.62. The minimum atomic E-state index is -0.361. The summed E-state index contributed by atoms with van der Waals surface area (Å²) in [5, 5.41) is 13.0. The third kappa shape index (κ3) is 2.80. The van der Waals surface area contributed by atoms with E-state index in [4.69, 9.17) is 9.31 Å². The second-order valence-corrected chi connectivity index (χ2v) is 7.65. The van der Waals surface area contributed by atoms with E-state index in [-0.39, 0.29) is 23.7 Å². The van der Waals surface area contributed by atoms with Crippen molar-refractivity contribution in [2.24, 2.45) is 0 Å². The fourth-order valence-electron chi connectivity index (χ4n) is 3.26. The summed E-state index contributed by atoms with van der Waals surface area (Å²) < 4.78 is 12.2. The first-order chi connectivity index (χ1) is 10.8. The van der Waals surface area contributed by atoms with Crippen molar-refractivity contribution in [2.75, 3.05) is 13.1 Å². The van der Waals surface area contributed by atoms with E-state index < -0.39 is 0 Å². The Labute approximate surface area is 139 Å². The third-order valence-corrected chi connectivity index (χ3v) is 5.66. The third-order valence-electron chi connectivity index (χ3n) is 5.66. The quantitative estimate of drug-likeness (QED) is 0.850. The van der Waals surface area contributed by atoms with Crippen LogP contribution >= 0.6 is 0 Å². The normalized spacial score (nSPS) is 25.1. The molecule has 0 unspecified atom stereocenters. The molecule has 5 heteroatoms. The number of benzene rings is 1. The molecule has 0 aliphatic carbocycles. The van der Waals surface area contributed by atoms with Crippen LogP contribution < -0.4 is 10.8 Å². The largest absolute Gasteiger partial charge is 0.494 e. The summed E-state index contributed by atoms with van der Waals surface area (Å²) in [5.74, 6) is 0. The van der Waals surface area contributed by atoms with Crippen molar-refractivity contribution in [1.29, 1.82) is 5.26 Å². The molecular weight excluding hydrogens is 287 g/mol. The Hall–Kier alpha value is -1.35. The van der Waals surface area contributed by atoms with Crippen LogP contribution in [0.3, 0.4) is 0 Å². The van der Waals surface area contributed by atoms with Gasteiger partial charge in [-0.3, -0.25) is 0 Å².